The van der Waals surface area contributed by atoms with Gasteiger partial charge in [0.2, 0.25) is 0 Å². The molecule has 4 aromatic rings. The zero-order chi connectivity index (χ0) is 19.0. The number of hydrogen-bond donors (Lipinski definition) is 1. The molecule has 0 aliphatic carbocycles. The Morgan fingerprint density at radius 2 is 1.36 bits per heavy atom. The number of phenols is 1. The molecule has 0 saturated heterocycles. The third kappa shape index (κ3) is 3.90. The minimum absolute atomic E-state index is 0. The van der Waals surface area contributed by atoms with Gasteiger partial charge in [0, 0.05) is 16.2 Å². The molecular formula is C20H13CaN2O4S+. The second kappa shape index (κ2) is 8.14. The Labute approximate surface area is 191 Å². The molecule has 0 unspecified atom stereocenters. The van der Waals surface area contributed by atoms with Crippen LogP contribution >= 0.6 is 0 Å². The van der Waals surface area contributed by atoms with Crippen molar-refractivity contribution < 1.29 is 18.1 Å². The molecule has 0 aliphatic rings. The van der Waals surface area contributed by atoms with Crippen LogP contribution in [-0.4, -0.2) is 55.8 Å². The maximum absolute atomic E-state index is 11.4. The maximum Gasteiger partial charge on any atom is 2.00 e. The van der Waals surface area contributed by atoms with E-state index < -0.39 is 10.1 Å². The molecule has 4 rings (SSSR count). The SMILES string of the molecule is O=S(=O)([O-])c1cccc2c(O)c(N=Nc3cccc4ccccc34)ccc12.[Ca+2]. The van der Waals surface area contributed by atoms with Crippen molar-refractivity contribution in [3.63, 3.8) is 0 Å². The Kier molecular flexibility index (Phi) is 6.02. The van der Waals surface area contributed by atoms with Crippen molar-refractivity contribution in [1.29, 1.82) is 0 Å². The van der Waals surface area contributed by atoms with Gasteiger partial charge in [0.05, 0.1) is 10.6 Å². The monoisotopic (exact) mass is 417 g/mol. The van der Waals surface area contributed by atoms with Crippen LogP contribution < -0.4 is 0 Å². The summed E-state index contributed by atoms with van der Waals surface area (Å²) in [5, 5.41) is 21.1. The van der Waals surface area contributed by atoms with Crippen molar-refractivity contribution in [3.8, 4) is 5.75 Å². The maximum atomic E-state index is 11.4. The van der Waals surface area contributed by atoms with Crippen molar-refractivity contribution in [3.05, 3.63) is 72.8 Å². The van der Waals surface area contributed by atoms with Crippen LogP contribution in [0.2, 0.25) is 0 Å². The van der Waals surface area contributed by atoms with Gasteiger partial charge in [-0.3, -0.25) is 0 Å². The number of benzene rings is 4. The van der Waals surface area contributed by atoms with Crippen molar-refractivity contribution in [2.24, 2.45) is 10.2 Å². The van der Waals surface area contributed by atoms with Gasteiger partial charge in [0.15, 0.2) is 5.75 Å². The van der Waals surface area contributed by atoms with E-state index in [2.05, 4.69) is 10.2 Å². The summed E-state index contributed by atoms with van der Waals surface area (Å²) in [4.78, 5) is -0.382. The fourth-order valence-electron chi connectivity index (χ4n) is 3.00. The molecule has 0 saturated carbocycles. The van der Waals surface area contributed by atoms with Crippen LogP contribution in [0.25, 0.3) is 21.5 Å². The number of aromatic hydroxyl groups is 1. The molecule has 28 heavy (non-hydrogen) atoms. The first-order valence-corrected chi connectivity index (χ1v) is 9.46. The van der Waals surface area contributed by atoms with Crippen LogP contribution in [-0.2, 0) is 10.1 Å². The first kappa shape index (κ1) is 20.7. The van der Waals surface area contributed by atoms with E-state index in [4.69, 9.17) is 0 Å². The minimum atomic E-state index is -4.65. The third-order valence-corrected chi connectivity index (χ3v) is 5.17. The molecular weight excluding hydrogens is 404 g/mol. The fraction of sp³-hybridized carbons (Fsp3) is 0. The topological polar surface area (TPSA) is 102 Å². The van der Waals surface area contributed by atoms with Crippen LogP contribution in [0.4, 0.5) is 11.4 Å². The minimum Gasteiger partial charge on any atom is -0.744 e. The molecule has 0 fully saturated rings. The van der Waals surface area contributed by atoms with E-state index in [-0.39, 0.29) is 64.8 Å². The average molecular weight is 417 g/mol. The molecule has 1 N–H and O–H groups in total. The summed E-state index contributed by atoms with van der Waals surface area (Å²) in [5.74, 6) is -0.234. The third-order valence-electron chi connectivity index (χ3n) is 4.27. The van der Waals surface area contributed by atoms with Gasteiger partial charge in [0.25, 0.3) is 0 Å². The van der Waals surface area contributed by atoms with Crippen molar-refractivity contribution in [1.82, 2.24) is 0 Å². The molecule has 4 aromatic carbocycles. The Bertz CT molecular complexity index is 1320. The van der Waals surface area contributed by atoms with Gasteiger partial charge in [-0.15, -0.1) is 10.2 Å². The largest absolute Gasteiger partial charge is 2.00 e. The first-order chi connectivity index (χ1) is 12.9. The molecule has 0 amide bonds. The summed E-state index contributed by atoms with van der Waals surface area (Å²) >= 11 is 0. The number of fused-ring (bicyclic) bond motifs is 2. The van der Waals surface area contributed by atoms with E-state index in [9.17, 15) is 18.1 Å². The Morgan fingerprint density at radius 3 is 2.14 bits per heavy atom. The average Bonchev–Trinajstić information content (AvgIpc) is 2.66. The van der Waals surface area contributed by atoms with E-state index in [0.29, 0.717) is 5.69 Å². The molecule has 0 radical (unpaired) electrons. The van der Waals surface area contributed by atoms with Crippen molar-refractivity contribution in [2.45, 2.75) is 4.90 Å². The number of phenolic OH excluding ortho intramolecular Hbond substituents is 1. The summed E-state index contributed by atoms with van der Waals surface area (Å²) in [6.07, 6.45) is 0. The summed E-state index contributed by atoms with van der Waals surface area (Å²) < 4.78 is 34.2. The first-order valence-electron chi connectivity index (χ1n) is 8.05. The summed E-state index contributed by atoms with van der Waals surface area (Å²) in [6.45, 7) is 0. The fourth-order valence-corrected chi connectivity index (χ4v) is 3.70. The zero-order valence-electron chi connectivity index (χ0n) is 14.6. The smallest absolute Gasteiger partial charge is 0.744 e. The Hall–Kier alpha value is -2.03. The van der Waals surface area contributed by atoms with Crippen LogP contribution in [0.3, 0.4) is 0 Å². The van der Waals surface area contributed by atoms with E-state index >= 15 is 0 Å². The second-order valence-corrected chi connectivity index (χ2v) is 7.29. The number of hydrogen-bond acceptors (Lipinski definition) is 6. The van der Waals surface area contributed by atoms with Gasteiger partial charge in [-0.05, 0) is 23.6 Å². The molecule has 0 aliphatic heterocycles. The van der Waals surface area contributed by atoms with Crippen molar-refractivity contribution >= 4 is 80.8 Å². The van der Waals surface area contributed by atoms with Crippen molar-refractivity contribution in [2.75, 3.05) is 0 Å². The summed E-state index contributed by atoms with van der Waals surface area (Å²) in [6, 6.07) is 20.4. The van der Waals surface area contributed by atoms with Gasteiger partial charge in [-0.2, -0.15) is 0 Å². The van der Waals surface area contributed by atoms with Crippen LogP contribution in [0, 0.1) is 0 Å². The number of rotatable bonds is 3. The number of nitrogens with zero attached hydrogens (tertiary/aromatic N) is 2. The van der Waals surface area contributed by atoms with E-state index in [0.717, 1.165) is 10.8 Å². The Morgan fingerprint density at radius 1 is 0.714 bits per heavy atom. The molecule has 0 aromatic heterocycles. The van der Waals surface area contributed by atoms with Crippen LogP contribution in [0.1, 0.15) is 0 Å². The van der Waals surface area contributed by atoms with Gasteiger partial charge >= 0.3 is 37.7 Å². The predicted molar refractivity (Wildman–Crippen MR) is 107 cm³/mol. The van der Waals surface area contributed by atoms with Crippen LogP contribution in [0.5, 0.6) is 5.75 Å². The zero-order valence-corrected chi connectivity index (χ0v) is 17.6. The Balaban J connectivity index is 0.00000225. The van der Waals surface area contributed by atoms with Gasteiger partial charge in [-0.25, -0.2) is 8.42 Å². The normalized spacial score (nSPS) is 11.8. The predicted octanol–water partition coefficient (Wildman–Crippen LogP) is 4.64. The van der Waals surface area contributed by atoms with Crippen LogP contribution in [0.15, 0.2) is 87.9 Å². The van der Waals surface area contributed by atoms with E-state index in [1.54, 1.807) is 0 Å². The molecule has 0 bridgehead atoms. The quantitative estimate of drug-likeness (QED) is 0.298. The van der Waals surface area contributed by atoms with E-state index in [1.165, 1.54) is 30.3 Å². The number of azo groups is 1. The van der Waals surface area contributed by atoms with Gasteiger partial charge < -0.3 is 9.66 Å². The molecule has 0 spiro atoms. The second-order valence-electron chi connectivity index (χ2n) is 5.94. The summed E-state index contributed by atoms with van der Waals surface area (Å²) in [5.41, 5.74) is 0.819. The molecule has 6 nitrogen and oxygen atoms in total. The van der Waals surface area contributed by atoms with Gasteiger partial charge in [-0.1, -0.05) is 54.6 Å². The van der Waals surface area contributed by atoms with E-state index in [1.807, 2.05) is 42.5 Å². The van der Waals surface area contributed by atoms with Gasteiger partial charge in [0.1, 0.15) is 15.8 Å². The molecule has 8 heteroatoms. The molecule has 134 valence electrons. The molecule has 0 atom stereocenters. The molecule has 0 heterocycles. The summed E-state index contributed by atoms with van der Waals surface area (Å²) in [7, 11) is -4.65. The standard InChI is InChI=1S/C20H14N2O4S.Ca/c23-20-16-8-4-10-19(27(24,25)26)15(16)11-12-18(20)22-21-17-9-3-6-13-5-1-2-7-14(13)17;/h1-12,23H,(H,24,25,26);/q;+2/p-1.